The van der Waals surface area contributed by atoms with Gasteiger partial charge in [0.15, 0.2) is 0 Å². The highest BCUT2D eigenvalue weighted by Gasteiger charge is 2.27. The predicted molar refractivity (Wildman–Crippen MR) is 53.8 cm³/mol. The first-order valence-electron chi connectivity index (χ1n) is 5.02. The van der Waals surface area contributed by atoms with Gasteiger partial charge in [0.2, 0.25) is 0 Å². The summed E-state index contributed by atoms with van der Waals surface area (Å²) in [5.41, 5.74) is 2.65. The van der Waals surface area contributed by atoms with Crippen LogP contribution < -0.4 is 0 Å². The van der Waals surface area contributed by atoms with E-state index in [2.05, 4.69) is 31.2 Å². The highest BCUT2D eigenvalue weighted by molar-refractivity contribution is 5.30. The summed E-state index contributed by atoms with van der Waals surface area (Å²) >= 11 is 0. The fourth-order valence-electron chi connectivity index (χ4n) is 2.31. The molecule has 1 fully saturated rings. The Morgan fingerprint density at radius 3 is 2.62 bits per heavy atom. The smallest absolute Gasteiger partial charge is 0.0608 e. The van der Waals surface area contributed by atoms with Gasteiger partial charge in [-0.25, -0.2) is 0 Å². The molecule has 2 unspecified atom stereocenters. The van der Waals surface area contributed by atoms with Crippen molar-refractivity contribution in [3.63, 3.8) is 0 Å². The average Bonchev–Trinajstić information content (AvgIpc) is 2.52. The first kappa shape index (κ1) is 8.76. The standard InChI is InChI=1S/C12H16O/c1-9-5-2-3-6-10(9)11-7-4-8-12(11)13/h2-3,5-6,11-13H,4,7-8H2,1H3. The molecule has 2 atom stereocenters. The third-order valence-electron chi connectivity index (χ3n) is 3.07. The number of aliphatic hydroxyl groups excluding tert-OH is 1. The summed E-state index contributed by atoms with van der Waals surface area (Å²) in [4.78, 5) is 0. The quantitative estimate of drug-likeness (QED) is 0.697. The molecular formula is C12H16O. The maximum atomic E-state index is 9.77. The molecule has 1 nitrogen and oxygen atoms in total. The van der Waals surface area contributed by atoms with E-state index in [1.165, 1.54) is 17.5 Å². The van der Waals surface area contributed by atoms with Crippen molar-refractivity contribution in [2.45, 2.75) is 38.2 Å². The van der Waals surface area contributed by atoms with Gasteiger partial charge in [0.25, 0.3) is 0 Å². The van der Waals surface area contributed by atoms with E-state index in [4.69, 9.17) is 0 Å². The van der Waals surface area contributed by atoms with Crippen LogP contribution in [0.3, 0.4) is 0 Å². The van der Waals surface area contributed by atoms with Crippen molar-refractivity contribution in [2.75, 3.05) is 0 Å². The maximum Gasteiger partial charge on any atom is 0.0608 e. The van der Waals surface area contributed by atoms with Gasteiger partial charge in [-0.3, -0.25) is 0 Å². The second kappa shape index (κ2) is 3.51. The van der Waals surface area contributed by atoms with Crippen LogP contribution in [-0.4, -0.2) is 11.2 Å². The molecule has 0 bridgehead atoms. The second-order valence-corrected chi connectivity index (χ2v) is 3.96. The molecule has 1 aromatic carbocycles. The summed E-state index contributed by atoms with van der Waals surface area (Å²) < 4.78 is 0. The predicted octanol–water partition coefficient (Wildman–Crippen LogP) is 2.62. The Labute approximate surface area is 79.4 Å². The lowest BCUT2D eigenvalue weighted by Crippen LogP contribution is -2.11. The molecule has 1 saturated carbocycles. The zero-order valence-corrected chi connectivity index (χ0v) is 8.03. The number of hydrogen-bond acceptors (Lipinski definition) is 1. The number of benzene rings is 1. The molecule has 1 aromatic rings. The summed E-state index contributed by atoms with van der Waals surface area (Å²) in [5.74, 6) is 0.390. The van der Waals surface area contributed by atoms with Crippen LogP contribution in [0.25, 0.3) is 0 Å². The van der Waals surface area contributed by atoms with Crippen molar-refractivity contribution in [2.24, 2.45) is 0 Å². The molecule has 0 spiro atoms. The van der Waals surface area contributed by atoms with Gasteiger partial charge in [0.1, 0.15) is 0 Å². The number of rotatable bonds is 1. The Bertz CT molecular complexity index is 293. The summed E-state index contributed by atoms with van der Waals surface area (Å²) in [5, 5.41) is 9.77. The fourth-order valence-corrected chi connectivity index (χ4v) is 2.31. The van der Waals surface area contributed by atoms with Crippen LogP contribution in [0.4, 0.5) is 0 Å². The Kier molecular flexibility index (Phi) is 2.36. The topological polar surface area (TPSA) is 20.2 Å². The van der Waals surface area contributed by atoms with Gasteiger partial charge in [-0.05, 0) is 30.9 Å². The first-order chi connectivity index (χ1) is 6.29. The first-order valence-corrected chi connectivity index (χ1v) is 5.02. The SMILES string of the molecule is Cc1ccccc1C1CCCC1O. The van der Waals surface area contributed by atoms with Gasteiger partial charge in [-0.1, -0.05) is 30.7 Å². The Morgan fingerprint density at radius 2 is 2.00 bits per heavy atom. The molecule has 0 aliphatic heterocycles. The Hall–Kier alpha value is -0.820. The van der Waals surface area contributed by atoms with Crippen LogP contribution in [0.5, 0.6) is 0 Å². The van der Waals surface area contributed by atoms with Gasteiger partial charge in [0, 0.05) is 5.92 Å². The van der Waals surface area contributed by atoms with Gasteiger partial charge >= 0.3 is 0 Å². The van der Waals surface area contributed by atoms with Crippen molar-refractivity contribution in [3.05, 3.63) is 35.4 Å². The van der Waals surface area contributed by atoms with E-state index in [9.17, 15) is 5.11 Å². The minimum absolute atomic E-state index is 0.110. The Balaban J connectivity index is 2.29. The van der Waals surface area contributed by atoms with Crippen LogP contribution in [0, 0.1) is 6.92 Å². The fraction of sp³-hybridized carbons (Fsp3) is 0.500. The summed E-state index contributed by atoms with van der Waals surface area (Å²) in [6.07, 6.45) is 3.17. The molecule has 2 rings (SSSR count). The van der Waals surface area contributed by atoms with E-state index < -0.39 is 0 Å². The third kappa shape index (κ3) is 1.61. The van der Waals surface area contributed by atoms with Crippen molar-refractivity contribution < 1.29 is 5.11 Å². The van der Waals surface area contributed by atoms with E-state index >= 15 is 0 Å². The van der Waals surface area contributed by atoms with Gasteiger partial charge in [0.05, 0.1) is 6.10 Å². The summed E-state index contributed by atoms with van der Waals surface area (Å²) in [6.45, 7) is 2.13. The molecule has 1 aliphatic rings. The van der Waals surface area contributed by atoms with Crippen LogP contribution in [0.2, 0.25) is 0 Å². The highest BCUT2D eigenvalue weighted by Crippen LogP contribution is 2.35. The normalized spacial score (nSPS) is 27.8. The molecular weight excluding hydrogens is 160 g/mol. The molecule has 0 aromatic heterocycles. The van der Waals surface area contributed by atoms with E-state index in [1.807, 2.05) is 0 Å². The number of hydrogen-bond donors (Lipinski definition) is 1. The van der Waals surface area contributed by atoms with Crippen LogP contribution in [-0.2, 0) is 0 Å². The Morgan fingerprint density at radius 1 is 1.23 bits per heavy atom. The van der Waals surface area contributed by atoms with Gasteiger partial charge in [-0.15, -0.1) is 0 Å². The largest absolute Gasteiger partial charge is 0.392 e. The molecule has 0 radical (unpaired) electrons. The van der Waals surface area contributed by atoms with E-state index in [-0.39, 0.29) is 6.10 Å². The van der Waals surface area contributed by atoms with Crippen LogP contribution >= 0.6 is 0 Å². The molecule has 1 N–H and O–H groups in total. The van der Waals surface area contributed by atoms with Crippen molar-refractivity contribution in [3.8, 4) is 0 Å². The van der Waals surface area contributed by atoms with Crippen LogP contribution in [0.1, 0.15) is 36.3 Å². The molecule has 1 aliphatic carbocycles. The molecule has 0 amide bonds. The molecule has 1 heteroatoms. The summed E-state index contributed by atoms with van der Waals surface area (Å²) in [7, 11) is 0. The van der Waals surface area contributed by atoms with Crippen molar-refractivity contribution >= 4 is 0 Å². The lowest BCUT2D eigenvalue weighted by Gasteiger charge is -2.16. The minimum Gasteiger partial charge on any atom is -0.392 e. The number of aliphatic hydroxyl groups is 1. The zero-order valence-electron chi connectivity index (χ0n) is 8.03. The van der Waals surface area contributed by atoms with E-state index in [0.717, 1.165) is 12.8 Å². The number of aryl methyl sites for hydroxylation is 1. The molecule has 70 valence electrons. The minimum atomic E-state index is -0.110. The van der Waals surface area contributed by atoms with E-state index in [0.29, 0.717) is 5.92 Å². The molecule has 13 heavy (non-hydrogen) atoms. The van der Waals surface area contributed by atoms with Gasteiger partial charge < -0.3 is 5.11 Å². The molecule has 0 saturated heterocycles. The van der Waals surface area contributed by atoms with Gasteiger partial charge in [-0.2, -0.15) is 0 Å². The van der Waals surface area contributed by atoms with Crippen LogP contribution in [0.15, 0.2) is 24.3 Å². The maximum absolute atomic E-state index is 9.77. The summed E-state index contributed by atoms with van der Waals surface area (Å²) in [6, 6.07) is 8.39. The van der Waals surface area contributed by atoms with Crippen molar-refractivity contribution in [1.82, 2.24) is 0 Å². The van der Waals surface area contributed by atoms with Crippen molar-refractivity contribution in [1.29, 1.82) is 0 Å². The van der Waals surface area contributed by atoms with E-state index in [1.54, 1.807) is 0 Å². The second-order valence-electron chi connectivity index (χ2n) is 3.96. The lowest BCUT2D eigenvalue weighted by atomic mass is 9.92. The lowest BCUT2D eigenvalue weighted by molar-refractivity contribution is 0.163. The molecule has 0 heterocycles. The monoisotopic (exact) mass is 176 g/mol. The zero-order chi connectivity index (χ0) is 9.26. The highest BCUT2D eigenvalue weighted by atomic mass is 16.3. The average molecular weight is 176 g/mol. The third-order valence-corrected chi connectivity index (χ3v) is 3.07.